The first-order valence-corrected chi connectivity index (χ1v) is 3.91. The van der Waals surface area contributed by atoms with Gasteiger partial charge in [0.2, 0.25) is 0 Å². The molecule has 0 aromatic heterocycles. The average molecular weight is 154 g/mol. The Bertz CT molecular complexity index is 187. The Labute approximate surface area is 67.2 Å². The molecule has 0 aliphatic carbocycles. The summed E-state index contributed by atoms with van der Waals surface area (Å²) in [5, 5.41) is 18.2. The maximum atomic E-state index is 9.58. The molecule has 1 heterocycles. The van der Waals surface area contributed by atoms with E-state index in [4.69, 9.17) is 5.26 Å². The van der Waals surface area contributed by atoms with Crippen LogP contribution in [0.1, 0.15) is 19.8 Å². The van der Waals surface area contributed by atoms with E-state index in [1.165, 1.54) is 0 Å². The van der Waals surface area contributed by atoms with Gasteiger partial charge in [-0.1, -0.05) is 0 Å². The van der Waals surface area contributed by atoms with Crippen molar-refractivity contribution in [2.45, 2.75) is 31.4 Å². The van der Waals surface area contributed by atoms with Crippen LogP contribution in [0.15, 0.2) is 0 Å². The normalized spacial score (nSPS) is 40.0. The Morgan fingerprint density at radius 3 is 2.82 bits per heavy atom. The molecule has 3 heteroatoms. The zero-order chi connectivity index (χ0) is 8.48. The minimum absolute atomic E-state index is 0.313. The number of hydrogen-bond donors (Lipinski definition) is 1. The Kier molecular flexibility index (Phi) is 2.17. The fourth-order valence-electron chi connectivity index (χ4n) is 1.43. The smallest absolute Gasteiger partial charge is 0.153 e. The minimum Gasteiger partial charge on any atom is -0.375 e. The van der Waals surface area contributed by atoms with Crippen LogP contribution >= 0.6 is 0 Å². The van der Waals surface area contributed by atoms with E-state index in [2.05, 4.69) is 4.90 Å². The van der Waals surface area contributed by atoms with Crippen LogP contribution in [0.5, 0.6) is 0 Å². The minimum atomic E-state index is -1.06. The summed E-state index contributed by atoms with van der Waals surface area (Å²) in [6, 6.07) is 2.27. The van der Waals surface area contributed by atoms with Crippen molar-refractivity contribution in [3.8, 4) is 6.07 Å². The molecular weight excluding hydrogens is 140 g/mol. The molecule has 1 saturated heterocycles. The number of rotatable bonds is 0. The third-order valence-electron chi connectivity index (χ3n) is 2.47. The molecule has 1 aliphatic rings. The van der Waals surface area contributed by atoms with Crippen LogP contribution in [0.3, 0.4) is 0 Å². The van der Waals surface area contributed by atoms with Crippen LogP contribution in [-0.4, -0.2) is 35.2 Å². The highest BCUT2D eigenvalue weighted by Crippen LogP contribution is 2.24. The van der Waals surface area contributed by atoms with Gasteiger partial charge in [-0.3, -0.25) is 0 Å². The van der Waals surface area contributed by atoms with Gasteiger partial charge in [0.25, 0.3) is 0 Å². The molecule has 0 bridgehead atoms. The standard InChI is InChI=1S/C8H14N2O/c1-7-5-8(11,6-9)3-4-10(7)2/h7,11H,3-5H2,1-2H3. The van der Waals surface area contributed by atoms with Crippen molar-refractivity contribution < 1.29 is 5.11 Å². The summed E-state index contributed by atoms with van der Waals surface area (Å²) in [4.78, 5) is 2.16. The van der Waals surface area contributed by atoms with Gasteiger partial charge < -0.3 is 10.0 Å². The predicted molar refractivity (Wildman–Crippen MR) is 41.9 cm³/mol. The van der Waals surface area contributed by atoms with Crippen molar-refractivity contribution in [2.75, 3.05) is 13.6 Å². The van der Waals surface area contributed by atoms with Gasteiger partial charge in [0.05, 0.1) is 6.07 Å². The van der Waals surface area contributed by atoms with Crippen LogP contribution < -0.4 is 0 Å². The maximum Gasteiger partial charge on any atom is 0.153 e. The second-order valence-corrected chi connectivity index (χ2v) is 3.43. The summed E-state index contributed by atoms with van der Waals surface area (Å²) >= 11 is 0. The van der Waals surface area contributed by atoms with Crippen LogP contribution in [-0.2, 0) is 0 Å². The number of hydrogen-bond acceptors (Lipinski definition) is 3. The van der Waals surface area contributed by atoms with Crippen molar-refractivity contribution in [2.24, 2.45) is 0 Å². The number of aliphatic hydroxyl groups is 1. The summed E-state index contributed by atoms with van der Waals surface area (Å²) in [6.45, 7) is 2.84. The van der Waals surface area contributed by atoms with Gasteiger partial charge >= 0.3 is 0 Å². The molecule has 3 nitrogen and oxygen atoms in total. The van der Waals surface area contributed by atoms with E-state index in [9.17, 15) is 5.11 Å². The second kappa shape index (κ2) is 2.80. The summed E-state index contributed by atoms with van der Waals surface area (Å²) in [6.07, 6.45) is 1.14. The highest BCUT2D eigenvalue weighted by molar-refractivity contribution is 5.04. The molecule has 0 radical (unpaired) electrons. The SMILES string of the molecule is CC1CC(O)(C#N)CCN1C. The van der Waals surface area contributed by atoms with E-state index >= 15 is 0 Å². The molecule has 2 unspecified atom stereocenters. The third kappa shape index (κ3) is 1.70. The fraction of sp³-hybridized carbons (Fsp3) is 0.875. The lowest BCUT2D eigenvalue weighted by molar-refractivity contribution is 0.00821. The molecule has 62 valence electrons. The van der Waals surface area contributed by atoms with Crippen LogP contribution in [0.2, 0.25) is 0 Å². The first-order chi connectivity index (χ1) is 5.07. The van der Waals surface area contributed by atoms with Crippen molar-refractivity contribution in [1.82, 2.24) is 4.90 Å². The monoisotopic (exact) mass is 154 g/mol. The lowest BCUT2D eigenvalue weighted by atomic mass is 9.89. The average Bonchev–Trinajstić information content (AvgIpc) is 1.98. The first kappa shape index (κ1) is 8.51. The Hall–Kier alpha value is -0.590. The summed E-state index contributed by atoms with van der Waals surface area (Å²) in [7, 11) is 2.02. The molecule has 1 N–H and O–H groups in total. The van der Waals surface area contributed by atoms with Gasteiger partial charge in [-0.25, -0.2) is 0 Å². The van der Waals surface area contributed by atoms with E-state index in [0.717, 1.165) is 6.54 Å². The van der Waals surface area contributed by atoms with E-state index in [0.29, 0.717) is 18.9 Å². The first-order valence-electron chi connectivity index (χ1n) is 3.91. The molecule has 0 spiro atoms. The van der Waals surface area contributed by atoms with E-state index in [-0.39, 0.29) is 0 Å². The van der Waals surface area contributed by atoms with Crippen LogP contribution in [0.4, 0.5) is 0 Å². The van der Waals surface area contributed by atoms with E-state index in [1.54, 1.807) is 0 Å². The lowest BCUT2D eigenvalue weighted by Gasteiger charge is -2.36. The third-order valence-corrected chi connectivity index (χ3v) is 2.47. The van der Waals surface area contributed by atoms with Gasteiger partial charge in [-0.2, -0.15) is 5.26 Å². The molecule has 0 saturated carbocycles. The summed E-state index contributed by atoms with van der Waals surface area (Å²) in [5.41, 5.74) is -1.06. The number of nitrogens with zero attached hydrogens (tertiary/aromatic N) is 2. The van der Waals surface area contributed by atoms with Gasteiger partial charge in [-0.05, 0) is 14.0 Å². The number of likely N-dealkylation sites (tertiary alicyclic amines) is 1. The zero-order valence-electron chi connectivity index (χ0n) is 7.04. The number of nitriles is 1. The Balaban J connectivity index is 2.61. The van der Waals surface area contributed by atoms with E-state index in [1.807, 2.05) is 20.0 Å². The molecule has 0 amide bonds. The topological polar surface area (TPSA) is 47.3 Å². The molecule has 1 aliphatic heterocycles. The van der Waals surface area contributed by atoms with E-state index < -0.39 is 5.60 Å². The molecule has 1 fully saturated rings. The van der Waals surface area contributed by atoms with Crippen molar-refractivity contribution in [3.05, 3.63) is 0 Å². The van der Waals surface area contributed by atoms with Crippen molar-refractivity contribution in [1.29, 1.82) is 5.26 Å². The van der Waals surface area contributed by atoms with Crippen LogP contribution in [0, 0.1) is 11.3 Å². The quantitative estimate of drug-likeness (QED) is 0.512. The molecule has 2 atom stereocenters. The molecule has 1 rings (SSSR count). The molecule has 0 aromatic carbocycles. The second-order valence-electron chi connectivity index (χ2n) is 3.43. The van der Waals surface area contributed by atoms with Crippen molar-refractivity contribution in [3.63, 3.8) is 0 Å². The maximum absolute atomic E-state index is 9.58. The Morgan fingerprint density at radius 2 is 2.36 bits per heavy atom. The van der Waals surface area contributed by atoms with Gasteiger partial charge in [-0.15, -0.1) is 0 Å². The number of piperidine rings is 1. The molecule has 0 aromatic rings. The highest BCUT2D eigenvalue weighted by Gasteiger charge is 2.34. The predicted octanol–water partition coefficient (Wildman–Crippen LogP) is 0.355. The van der Waals surface area contributed by atoms with Crippen molar-refractivity contribution >= 4 is 0 Å². The zero-order valence-corrected chi connectivity index (χ0v) is 7.04. The lowest BCUT2D eigenvalue weighted by Crippen LogP contribution is -2.46. The van der Waals surface area contributed by atoms with Gasteiger partial charge in [0.15, 0.2) is 5.60 Å². The largest absolute Gasteiger partial charge is 0.375 e. The summed E-state index contributed by atoms with van der Waals surface area (Å²) < 4.78 is 0. The van der Waals surface area contributed by atoms with Crippen LogP contribution in [0.25, 0.3) is 0 Å². The van der Waals surface area contributed by atoms with Gasteiger partial charge in [0.1, 0.15) is 0 Å². The van der Waals surface area contributed by atoms with Gasteiger partial charge in [0, 0.05) is 25.4 Å². The fourth-order valence-corrected chi connectivity index (χ4v) is 1.43. The molecule has 11 heavy (non-hydrogen) atoms. The summed E-state index contributed by atoms with van der Waals surface area (Å²) in [5.74, 6) is 0. The Morgan fingerprint density at radius 1 is 1.73 bits per heavy atom. The highest BCUT2D eigenvalue weighted by atomic mass is 16.3. The molecular formula is C8H14N2O.